The van der Waals surface area contributed by atoms with Gasteiger partial charge in [0.2, 0.25) is 0 Å². The number of halogens is 1. The quantitative estimate of drug-likeness (QED) is 0.401. The molecule has 0 N–H and O–H groups in total. The third-order valence-corrected chi connectivity index (χ3v) is 0.805. The largest absolute Gasteiger partial charge is 0.303 e. The van der Waals surface area contributed by atoms with E-state index in [2.05, 4.69) is 6.58 Å². The van der Waals surface area contributed by atoms with Crippen LogP contribution in [0.25, 0.3) is 0 Å². The number of hydrogen-bond acceptors (Lipinski definition) is 1. The van der Waals surface area contributed by atoms with E-state index in [0.717, 1.165) is 6.29 Å². The summed E-state index contributed by atoms with van der Waals surface area (Å²) in [6.45, 7) is 2.87. The number of aldehydes is 1. The van der Waals surface area contributed by atoms with Crippen molar-refractivity contribution in [3.05, 3.63) is 12.2 Å². The fourth-order valence-corrected chi connectivity index (χ4v) is 0.330. The van der Waals surface area contributed by atoms with Crippen LogP contribution in [0.4, 0.5) is 4.39 Å². The van der Waals surface area contributed by atoms with Gasteiger partial charge >= 0.3 is 0 Å². The maximum atomic E-state index is 11.5. The summed E-state index contributed by atoms with van der Waals surface area (Å²) in [7, 11) is 0. The standard InChI is InChI=1S/C6H9FO/c1-6(5-7)3-2-4-8/h4H,1-3,5H2. The van der Waals surface area contributed by atoms with Gasteiger partial charge in [0, 0.05) is 6.42 Å². The minimum atomic E-state index is -0.506. The van der Waals surface area contributed by atoms with Gasteiger partial charge in [-0.3, -0.25) is 0 Å². The van der Waals surface area contributed by atoms with E-state index in [1.54, 1.807) is 0 Å². The molecule has 0 fully saturated rings. The van der Waals surface area contributed by atoms with Crippen molar-refractivity contribution in [2.75, 3.05) is 6.67 Å². The van der Waals surface area contributed by atoms with Crippen molar-refractivity contribution in [1.82, 2.24) is 0 Å². The molecular formula is C6H9FO. The van der Waals surface area contributed by atoms with E-state index in [-0.39, 0.29) is 0 Å². The first-order chi connectivity index (χ1) is 3.81. The van der Waals surface area contributed by atoms with Crippen LogP contribution in [-0.2, 0) is 4.79 Å². The van der Waals surface area contributed by atoms with E-state index in [9.17, 15) is 9.18 Å². The zero-order chi connectivity index (χ0) is 6.41. The number of carbonyl (C=O) groups excluding carboxylic acids is 1. The molecule has 8 heavy (non-hydrogen) atoms. The predicted octanol–water partition coefficient (Wildman–Crippen LogP) is 1.49. The highest BCUT2D eigenvalue weighted by atomic mass is 19.1. The molecule has 1 nitrogen and oxygen atoms in total. The lowest BCUT2D eigenvalue weighted by molar-refractivity contribution is -0.107. The number of alkyl halides is 1. The van der Waals surface area contributed by atoms with E-state index in [0.29, 0.717) is 18.4 Å². The van der Waals surface area contributed by atoms with Crippen LogP contribution in [0, 0.1) is 0 Å². The number of hydrogen-bond donors (Lipinski definition) is 0. The Morgan fingerprint density at radius 1 is 1.75 bits per heavy atom. The molecule has 0 aromatic rings. The summed E-state index contributed by atoms with van der Waals surface area (Å²) in [6, 6.07) is 0. The van der Waals surface area contributed by atoms with Crippen LogP contribution in [0.1, 0.15) is 12.8 Å². The molecule has 2 heteroatoms. The average molecular weight is 116 g/mol. The molecule has 0 aliphatic rings. The summed E-state index contributed by atoms with van der Waals surface area (Å²) >= 11 is 0. The van der Waals surface area contributed by atoms with E-state index in [1.165, 1.54) is 0 Å². The topological polar surface area (TPSA) is 17.1 Å². The monoisotopic (exact) mass is 116 g/mol. The third kappa shape index (κ3) is 3.53. The Morgan fingerprint density at radius 2 is 2.38 bits per heavy atom. The molecule has 0 heterocycles. The first kappa shape index (κ1) is 7.34. The maximum absolute atomic E-state index is 11.5. The third-order valence-electron chi connectivity index (χ3n) is 0.805. The zero-order valence-electron chi connectivity index (χ0n) is 4.69. The maximum Gasteiger partial charge on any atom is 0.120 e. The van der Waals surface area contributed by atoms with Crippen molar-refractivity contribution in [2.45, 2.75) is 12.8 Å². The number of allylic oxidation sites excluding steroid dienone is 1. The minimum Gasteiger partial charge on any atom is -0.303 e. The van der Waals surface area contributed by atoms with Crippen LogP contribution in [0.2, 0.25) is 0 Å². The highest BCUT2D eigenvalue weighted by molar-refractivity contribution is 5.49. The second kappa shape index (κ2) is 4.50. The first-order valence-electron chi connectivity index (χ1n) is 2.47. The molecule has 0 aromatic carbocycles. The number of carbonyl (C=O) groups is 1. The van der Waals surface area contributed by atoms with Gasteiger partial charge in [-0.2, -0.15) is 0 Å². The molecule has 46 valence electrons. The van der Waals surface area contributed by atoms with Gasteiger partial charge in [0.25, 0.3) is 0 Å². The van der Waals surface area contributed by atoms with Crippen molar-refractivity contribution >= 4 is 6.29 Å². The van der Waals surface area contributed by atoms with Crippen LogP contribution in [0.3, 0.4) is 0 Å². The minimum absolute atomic E-state index is 0.392. The van der Waals surface area contributed by atoms with E-state index in [4.69, 9.17) is 0 Å². The molecule has 0 bridgehead atoms. The summed E-state index contributed by atoms with van der Waals surface area (Å²) in [4.78, 5) is 9.66. The second-order valence-corrected chi connectivity index (χ2v) is 1.59. The van der Waals surface area contributed by atoms with Crippen LogP contribution in [-0.4, -0.2) is 13.0 Å². The van der Waals surface area contributed by atoms with Gasteiger partial charge in [-0.05, 0) is 12.0 Å². The van der Waals surface area contributed by atoms with Crippen LogP contribution in [0.15, 0.2) is 12.2 Å². The molecule has 0 radical (unpaired) electrons. The second-order valence-electron chi connectivity index (χ2n) is 1.59. The van der Waals surface area contributed by atoms with Crippen molar-refractivity contribution in [3.63, 3.8) is 0 Å². The molecule has 0 saturated carbocycles. The lowest BCUT2D eigenvalue weighted by Crippen LogP contribution is -1.83. The Labute approximate surface area is 48.2 Å². The summed E-state index contributed by atoms with van der Waals surface area (Å²) in [5.41, 5.74) is 0.497. The molecule has 0 saturated heterocycles. The molecule has 0 aliphatic heterocycles. The molecule has 0 spiro atoms. The lowest BCUT2D eigenvalue weighted by Gasteiger charge is -1.91. The Balaban J connectivity index is 3.11. The van der Waals surface area contributed by atoms with Gasteiger partial charge in [0.15, 0.2) is 0 Å². The fourth-order valence-electron chi connectivity index (χ4n) is 0.330. The zero-order valence-corrected chi connectivity index (χ0v) is 4.69. The summed E-state index contributed by atoms with van der Waals surface area (Å²) in [5, 5.41) is 0. The molecule has 0 unspecified atom stereocenters. The summed E-state index contributed by atoms with van der Waals surface area (Å²) in [6.07, 6.45) is 1.64. The van der Waals surface area contributed by atoms with E-state index in [1.807, 2.05) is 0 Å². The van der Waals surface area contributed by atoms with Gasteiger partial charge in [-0.25, -0.2) is 4.39 Å². The SMILES string of the molecule is C=C(CF)CCC=O. The lowest BCUT2D eigenvalue weighted by atomic mass is 10.2. The fraction of sp³-hybridized carbons (Fsp3) is 0.500. The predicted molar refractivity (Wildman–Crippen MR) is 30.4 cm³/mol. The molecular weight excluding hydrogens is 107 g/mol. The van der Waals surface area contributed by atoms with Gasteiger partial charge < -0.3 is 4.79 Å². The van der Waals surface area contributed by atoms with Crippen LogP contribution < -0.4 is 0 Å². The Morgan fingerprint density at radius 3 is 2.75 bits per heavy atom. The molecule has 0 aromatic heterocycles. The summed E-state index contributed by atoms with van der Waals surface area (Å²) < 4.78 is 11.5. The van der Waals surface area contributed by atoms with Crippen molar-refractivity contribution < 1.29 is 9.18 Å². The average Bonchev–Trinajstić information content (AvgIpc) is 1.83. The molecule has 0 aliphatic carbocycles. The van der Waals surface area contributed by atoms with Crippen LogP contribution >= 0.6 is 0 Å². The Hall–Kier alpha value is -0.660. The highest BCUT2D eigenvalue weighted by Crippen LogP contribution is 1.99. The molecule has 0 amide bonds. The van der Waals surface area contributed by atoms with Crippen molar-refractivity contribution in [3.8, 4) is 0 Å². The van der Waals surface area contributed by atoms with Crippen molar-refractivity contribution in [2.24, 2.45) is 0 Å². The smallest absolute Gasteiger partial charge is 0.120 e. The van der Waals surface area contributed by atoms with Gasteiger partial charge in [-0.15, -0.1) is 0 Å². The number of rotatable bonds is 4. The van der Waals surface area contributed by atoms with Crippen LogP contribution in [0.5, 0.6) is 0 Å². The van der Waals surface area contributed by atoms with E-state index >= 15 is 0 Å². The highest BCUT2D eigenvalue weighted by Gasteiger charge is 1.89. The van der Waals surface area contributed by atoms with Gasteiger partial charge in [0.1, 0.15) is 13.0 Å². The van der Waals surface area contributed by atoms with Gasteiger partial charge in [0.05, 0.1) is 0 Å². The van der Waals surface area contributed by atoms with E-state index < -0.39 is 6.67 Å². The summed E-state index contributed by atoms with van der Waals surface area (Å²) in [5.74, 6) is 0. The Bertz CT molecular complexity index is 88.5. The van der Waals surface area contributed by atoms with Gasteiger partial charge in [-0.1, -0.05) is 6.58 Å². The Kier molecular flexibility index (Phi) is 4.13. The van der Waals surface area contributed by atoms with Crippen molar-refractivity contribution in [1.29, 1.82) is 0 Å². The molecule has 0 atom stereocenters. The first-order valence-corrected chi connectivity index (χ1v) is 2.47. The normalized spacial score (nSPS) is 8.62. The molecule has 0 rings (SSSR count).